The number of hydrogen-bond acceptors (Lipinski definition) is 1. The fourth-order valence-electron chi connectivity index (χ4n) is 2.25. The highest BCUT2D eigenvalue weighted by Crippen LogP contribution is 2.26. The minimum absolute atomic E-state index is 0.195. The third-order valence-electron chi connectivity index (χ3n) is 3.25. The molecule has 0 N–H and O–H groups in total. The van der Waals surface area contributed by atoms with E-state index in [4.69, 9.17) is 4.74 Å². The SMILES string of the molecule is C1=CC(CCc2ccccc2)Oc2ccccc21. The molecule has 0 spiro atoms. The molecule has 3 rings (SSSR count). The summed E-state index contributed by atoms with van der Waals surface area (Å²) in [6, 6.07) is 18.7. The maximum atomic E-state index is 5.97. The van der Waals surface area contributed by atoms with Crippen molar-refractivity contribution in [3.8, 4) is 5.75 Å². The highest BCUT2D eigenvalue weighted by atomic mass is 16.5. The van der Waals surface area contributed by atoms with E-state index in [1.807, 2.05) is 18.2 Å². The van der Waals surface area contributed by atoms with Crippen molar-refractivity contribution in [2.45, 2.75) is 18.9 Å². The highest BCUT2D eigenvalue weighted by Gasteiger charge is 2.13. The summed E-state index contributed by atoms with van der Waals surface area (Å²) in [5.41, 5.74) is 2.54. The van der Waals surface area contributed by atoms with Crippen LogP contribution in [0, 0.1) is 0 Å². The van der Waals surface area contributed by atoms with Crippen molar-refractivity contribution >= 4 is 6.08 Å². The maximum Gasteiger partial charge on any atom is 0.127 e. The third kappa shape index (κ3) is 2.45. The van der Waals surface area contributed by atoms with Crippen molar-refractivity contribution in [1.82, 2.24) is 0 Å². The number of para-hydroxylation sites is 1. The molecule has 0 fully saturated rings. The largest absolute Gasteiger partial charge is 0.486 e. The van der Waals surface area contributed by atoms with Crippen molar-refractivity contribution in [3.63, 3.8) is 0 Å². The molecule has 1 aliphatic heterocycles. The second kappa shape index (κ2) is 5.09. The summed E-state index contributed by atoms with van der Waals surface area (Å²) in [4.78, 5) is 0. The first-order chi connectivity index (χ1) is 8.92. The molecular formula is C17H16O. The molecule has 1 unspecified atom stereocenters. The molecule has 1 nitrogen and oxygen atoms in total. The smallest absolute Gasteiger partial charge is 0.127 e. The number of ether oxygens (including phenoxy) is 1. The zero-order chi connectivity index (χ0) is 12.2. The lowest BCUT2D eigenvalue weighted by Gasteiger charge is -2.21. The fourth-order valence-corrected chi connectivity index (χ4v) is 2.25. The normalized spacial score (nSPS) is 17.0. The van der Waals surface area contributed by atoms with E-state index in [0.29, 0.717) is 0 Å². The summed E-state index contributed by atoms with van der Waals surface area (Å²) in [5.74, 6) is 0.998. The van der Waals surface area contributed by atoms with E-state index in [0.717, 1.165) is 18.6 Å². The minimum Gasteiger partial charge on any atom is -0.486 e. The van der Waals surface area contributed by atoms with Gasteiger partial charge in [-0.05, 0) is 30.5 Å². The molecule has 0 aromatic heterocycles. The first-order valence-electron chi connectivity index (χ1n) is 6.40. The van der Waals surface area contributed by atoms with Gasteiger partial charge in [0.15, 0.2) is 0 Å². The van der Waals surface area contributed by atoms with Gasteiger partial charge in [-0.3, -0.25) is 0 Å². The molecule has 0 bridgehead atoms. The predicted molar refractivity (Wildman–Crippen MR) is 74.7 cm³/mol. The van der Waals surface area contributed by atoms with Gasteiger partial charge < -0.3 is 4.74 Å². The van der Waals surface area contributed by atoms with Crippen LogP contribution in [0.3, 0.4) is 0 Å². The summed E-state index contributed by atoms with van der Waals surface area (Å²) in [7, 11) is 0. The zero-order valence-electron chi connectivity index (χ0n) is 10.3. The Morgan fingerprint density at radius 2 is 1.67 bits per heavy atom. The Balaban J connectivity index is 1.64. The van der Waals surface area contributed by atoms with Gasteiger partial charge in [0.05, 0.1) is 0 Å². The Hall–Kier alpha value is -2.02. The van der Waals surface area contributed by atoms with Crippen molar-refractivity contribution < 1.29 is 4.74 Å². The van der Waals surface area contributed by atoms with Crippen LogP contribution in [0.15, 0.2) is 60.7 Å². The Kier molecular flexibility index (Phi) is 3.14. The van der Waals surface area contributed by atoms with Gasteiger partial charge in [0, 0.05) is 5.56 Å². The molecule has 2 aromatic rings. The number of aryl methyl sites for hydroxylation is 1. The van der Waals surface area contributed by atoms with Crippen LogP contribution >= 0.6 is 0 Å². The number of hydrogen-bond donors (Lipinski definition) is 0. The van der Waals surface area contributed by atoms with Crippen LogP contribution < -0.4 is 4.74 Å². The van der Waals surface area contributed by atoms with Crippen LogP contribution in [0.25, 0.3) is 6.08 Å². The van der Waals surface area contributed by atoms with Crippen molar-refractivity contribution in [2.75, 3.05) is 0 Å². The van der Waals surface area contributed by atoms with Gasteiger partial charge in [0.1, 0.15) is 11.9 Å². The second-order valence-electron chi connectivity index (χ2n) is 4.58. The maximum absolute atomic E-state index is 5.97. The average molecular weight is 236 g/mol. The molecule has 0 saturated carbocycles. The number of fused-ring (bicyclic) bond motifs is 1. The van der Waals surface area contributed by atoms with Crippen LogP contribution in [0.4, 0.5) is 0 Å². The standard InChI is InChI=1S/C17H16O/c1-2-6-14(7-3-1)10-12-16-13-11-15-8-4-5-9-17(15)18-16/h1-9,11,13,16H,10,12H2. The molecule has 2 aromatic carbocycles. The van der Waals surface area contributed by atoms with Crippen molar-refractivity contribution in [2.24, 2.45) is 0 Å². The molecule has 90 valence electrons. The van der Waals surface area contributed by atoms with Gasteiger partial charge in [-0.2, -0.15) is 0 Å². The first kappa shape index (κ1) is 11.1. The Morgan fingerprint density at radius 3 is 2.56 bits per heavy atom. The molecule has 1 aliphatic rings. The summed E-state index contributed by atoms with van der Waals surface area (Å²) in [5, 5.41) is 0. The van der Waals surface area contributed by atoms with E-state index in [2.05, 4.69) is 48.6 Å². The minimum atomic E-state index is 0.195. The summed E-state index contributed by atoms with van der Waals surface area (Å²) >= 11 is 0. The quantitative estimate of drug-likeness (QED) is 0.779. The van der Waals surface area contributed by atoms with Crippen LogP contribution in [-0.4, -0.2) is 6.10 Å². The van der Waals surface area contributed by atoms with E-state index in [-0.39, 0.29) is 6.10 Å². The van der Waals surface area contributed by atoms with E-state index in [1.165, 1.54) is 11.1 Å². The molecule has 1 heteroatoms. The topological polar surface area (TPSA) is 9.23 Å². The van der Waals surface area contributed by atoms with E-state index < -0.39 is 0 Å². The lowest BCUT2D eigenvalue weighted by molar-refractivity contribution is 0.235. The molecular weight excluding hydrogens is 220 g/mol. The van der Waals surface area contributed by atoms with Crippen LogP contribution in [0.1, 0.15) is 17.5 Å². The third-order valence-corrected chi connectivity index (χ3v) is 3.25. The highest BCUT2D eigenvalue weighted by molar-refractivity contribution is 5.59. The van der Waals surface area contributed by atoms with E-state index in [9.17, 15) is 0 Å². The van der Waals surface area contributed by atoms with Crippen LogP contribution in [0.5, 0.6) is 5.75 Å². The molecule has 0 aliphatic carbocycles. The molecule has 0 radical (unpaired) electrons. The van der Waals surface area contributed by atoms with E-state index in [1.54, 1.807) is 0 Å². The van der Waals surface area contributed by atoms with Gasteiger partial charge in [-0.25, -0.2) is 0 Å². The van der Waals surface area contributed by atoms with E-state index >= 15 is 0 Å². The van der Waals surface area contributed by atoms with Gasteiger partial charge in [-0.1, -0.05) is 54.6 Å². The van der Waals surface area contributed by atoms with Gasteiger partial charge in [-0.15, -0.1) is 0 Å². The van der Waals surface area contributed by atoms with Crippen molar-refractivity contribution in [3.05, 3.63) is 71.8 Å². The molecule has 0 amide bonds. The fraction of sp³-hybridized carbons (Fsp3) is 0.176. The van der Waals surface area contributed by atoms with Gasteiger partial charge in [0.2, 0.25) is 0 Å². The predicted octanol–water partition coefficient (Wildman–Crippen LogP) is 4.09. The van der Waals surface area contributed by atoms with Crippen LogP contribution in [0.2, 0.25) is 0 Å². The van der Waals surface area contributed by atoms with Gasteiger partial charge in [0.25, 0.3) is 0 Å². The second-order valence-corrected chi connectivity index (χ2v) is 4.58. The Morgan fingerprint density at radius 1 is 0.889 bits per heavy atom. The first-order valence-corrected chi connectivity index (χ1v) is 6.40. The monoisotopic (exact) mass is 236 g/mol. The molecule has 1 atom stereocenters. The summed E-state index contributed by atoms with van der Waals surface area (Å²) < 4.78 is 5.97. The van der Waals surface area contributed by atoms with Gasteiger partial charge >= 0.3 is 0 Å². The number of rotatable bonds is 3. The molecule has 1 heterocycles. The van der Waals surface area contributed by atoms with Crippen LogP contribution in [-0.2, 0) is 6.42 Å². The lowest BCUT2D eigenvalue weighted by Crippen LogP contribution is -2.17. The Labute approximate surface area is 108 Å². The zero-order valence-corrected chi connectivity index (χ0v) is 10.3. The molecule has 18 heavy (non-hydrogen) atoms. The average Bonchev–Trinajstić information content (AvgIpc) is 2.46. The number of benzene rings is 2. The lowest BCUT2D eigenvalue weighted by atomic mass is 10.0. The summed E-state index contributed by atoms with van der Waals surface area (Å²) in [6.45, 7) is 0. The Bertz CT molecular complexity index is 543. The molecule has 0 saturated heterocycles. The van der Waals surface area contributed by atoms with Crippen molar-refractivity contribution in [1.29, 1.82) is 0 Å². The summed E-state index contributed by atoms with van der Waals surface area (Å²) in [6.07, 6.45) is 6.59.